The third kappa shape index (κ3) is 15.7. The van der Waals surface area contributed by atoms with Gasteiger partial charge in [-0.1, -0.05) is 64.1 Å². The molecule has 2 aromatic rings. The van der Waals surface area contributed by atoms with Crippen molar-refractivity contribution in [1.29, 1.82) is 0 Å². The number of hydrogen-bond donors (Lipinski definition) is 2. The minimum absolute atomic E-state index is 0.238. The number of hydrogen-bond acceptors (Lipinski definition) is 6. The summed E-state index contributed by atoms with van der Waals surface area (Å²) in [7, 11) is 0. The number of carbonyl (C=O) groups is 2. The SMILES string of the molecule is CCC(O)CC(O)CC.CCCOC(=O)c1ccccc1.CCCOC(=O)c1ccccc1. The van der Waals surface area contributed by atoms with E-state index in [1.165, 1.54) is 0 Å². The minimum atomic E-state index is -0.319. The number of aliphatic hydroxyl groups is 2. The minimum Gasteiger partial charge on any atom is -0.462 e. The van der Waals surface area contributed by atoms with Gasteiger partial charge in [0.2, 0.25) is 0 Å². The van der Waals surface area contributed by atoms with Crippen LogP contribution in [0.25, 0.3) is 0 Å². The summed E-state index contributed by atoms with van der Waals surface area (Å²) in [5.74, 6) is -0.477. The van der Waals surface area contributed by atoms with Crippen LogP contribution in [0.5, 0.6) is 0 Å². The Hall–Kier alpha value is -2.70. The third-order valence-corrected chi connectivity index (χ3v) is 4.38. The fourth-order valence-electron chi connectivity index (χ4n) is 2.35. The molecule has 0 aromatic heterocycles. The van der Waals surface area contributed by atoms with E-state index in [1.54, 1.807) is 24.3 Å². The molecule has 0 aliphatic rings. The average Bonchev–Trinajstić information content (AvgIpc) is 2.87. The number of carbonyl (C=O) groups excluding carboxylic acids is 2. The van der Waals surface area contributed by atoms with Crippen molar-refractivity contribution < 1.29 is 29.3 Å². The summed E-state index contributed by atoms with van der Waals surface area (Å²) in [6.07, 6.45) is 3.07. The Bertz CT molecular complexity index is 669. The topological polar surface area (TPSA) is 93.1 Å². The van der Waals surface area contributed by atoms with E-state index < -0.39 is 0 Å². The molecule has 0 fully saturated rings. The molecule has 0 spiro atoms. The summed E-state index contributed by atoms with van der Waals surface area (Å²) >= 11 is 0. The molecule has 0 amide bonds. The van der Waals surface area contributed by atoms with E-state index in [4.69, 9.17) is 19.7 Å². The normalized spacial score (nSPS) is 11.6. The van der Waals surface area contributed by atoms with Crippen LogP contribution in [-0.2, 0) is 9.47 Å². The molecule has 6 heteroatoms. The van der Waals surface area contributed by atoms with Crippen LogP contribution in [0.2, 0.25) is 0 Å². The molecule has 2 rings (SSSR count). The molecule has 33 heavy (non-hydrogen) atoms. The lowest BCUT2D eigenvalue weighted by Gasteiger charge is -2.11. The van der Waals surface area contributed by atoms with Gasteiger partial charge in [0.1, 0.15) is 0 Å². The van der Waals surface area contributed by atoms with Gasteiger partial charge < -0.3 is 19.7 Å². The molecule has 6 nitrogen and oxygen atoms in total. The number of rotatable bonds is 10. The Morgan fingerprint density at radius 3 is 1.27 bits per heavy atom. The Morgan fingerprint density at radius 2 is 1.00 bits per heavy atom. The van der Waals surface area contributed by atoms with Crippen LogP contribution in [-0.4, -0.2) is 47.6 Å². The maximum Gasteiger partial charge on any atom is 0.338 e. The first-order valence-corrected chi connectivity index (χ1v) is 11.7. The molecule has 0 radical (unpaired) electrons. The average molecular weight is 461 g/mol. The van der Waals surface area contributed by atoms with Crippen molar-refractivity contribution >= 4 is 11.9 Å². The number of esters is 2. The fraction of sp³-hybridized carbons (Fsp3) is 0.481. The fourth-order valence-corrected chi connectivity index (χ4v) is 2.35. The molecule has 0 saturated carbocycles. The zero-order valence-electron chi connectivity index (χ0n) is 20.4. The van der Waals surface area contributed by atoms with E-state index >= 15 is 0 Å². The van der Waals surface area contributed by atoms with E-state index in [9.17, 15) is 9.59 Å². The predicted octanol–water partition coefficient (Wildman–Crippen LogP) is 5.43. The van der Waals surface area contributed by atoms with Gasteiger partial charge in [-0.2, -0.15) is 0 Å². The van der Waals surface area contributed by atoms with Crippen molar-refractivity contribution in [3.05, 3.63) is 71.8 Å². The molecule has 184 valence electrons. The molecule has 0 aliphatic heterocycles. The van der Waals surface area contributed by atoms with Crippen molar-refractivity contribution in [3.8, 4) is 0 Å². The van der Waals surface area contributed by atoms with Crippen LogP contribution in [0.15, 0.2) is 60.7 Å². The Balaban J connectivity index is 0.000000472. The largest absolute Gasteiger partial charge is 0.462 e. The molecule has 2 atom stereocenters. The van der Waals surface area contributed by atoms with Crippen molar-refractivity contribution in [3.63, 3.8) is 0 Å². The van der Waals surface area contributed by atoms with E-state index in [0.29, 0.717) is 30.8 Å². The van der Waals surface area contributed by atoms with Crippen molar-refractivity contribution in [2.45, 2.75) is 72.0 Å². The second-order valence-electron chi connectivity index (χ2n) is 7.36. The Kier molecular flexibility index (Phi) is 18.3. The molecule has 2 unspecified atom stereocenters. The van der Waals surface area contributed by atoms with Gasteiger partial charge in [-0.25, -0.2) is 9.59 Å². The highest BCUT2D eigenvalue weighted by Crippen LogP contribution is 2.04. The molecule has 0 saturated heterocycles. The van der Waals surface area contributed by atoms with Gasteiger partial charge in [0.05, 0.1) is 36.5 Å². The van der Waals surface area contributed by atoms with Crippen LogP contribution in [0.1, 0.15) is 80.5 Å². The van der Waals surface area contributed by atoms with Gasteiger partial charge >= 0.3 is 11.9 Å². The van der Waals surface area contributed by atoms with Gasteiger partial charge in [0.25, 0.3) is 0 Å². The van der Waals surface area contributed by atoms with Crippen LogP contribution in [0.4, 0.5) is 0 Å². The summed E-state index contributed by atoms with van der Waals surface area (Å²) in [6.45, 7) is 8.75. The first-order chi connectivity index (χ1) is 15.9. The number of ether oxygens (including phenoxy) is 2. The lowest BCUT2D eigenvalue weighted by molar-refractivity contribution is 0.0496. The van der Waals surface area contributed by atoms with E-state index in [-0.39, 0.29) is 24.1 Å². The quantitative estimate of drug-likeness (QED) is 0.460. The first kappa shape index (κ1) is 30.3. The van der Waals surface area contributed by atoms with Gasteiger partial charge in [-0.15, -0.1) is 0 Å². The van der Waals surface area contributed by atoms with Crippen LogP contribution in [0.3, 0.4) is 0 Å². The molecular formula is C27H40O6. The second-order valence-corrected chi connectivity index (χ2v) is 7.36. The zero-order chi connectivity index (χ0) is 24.9. The maximum absolute atomic E-state index is 11.2. The van der Waals surface area contributed by atoms with Crippen molar-refractivity contribution in [2.24, 2.45) is 0 Å². The molecular weight excluding hydrogens is 420 g/mol. The van der Waals surface area contributed by atoms with E-state index in [2.05, 4.69) is 0 Å². The monoisotopic (exact) mass is 460 g/mol. The number of aliphatic hydroxyl groups excluding tert-OH is 2. The smallest absolute Gasteiger partial charge is 0.338 e. The Morgan fingerprint density at radius 1 is 0.667 bits per heavy atom. The Labute approximate surface area is 198 Å². The first-order valence-electron chi connectivity index (χ1n) is 11.7. The van der Waals surface area contributed by atoms with E-state index in [1.807, 2.05) is 64.1 Å². The van der Waals surface area contributed by atoms with E-state index in [0.717, 1.165) is 25.7 Å². The molecule has 2 N–H and O–H groups in total. The van der Waals surface area contributed by atoms with Gasteiger partial charge in [0, 0.05) is 0 Å². The van der Waals surface area contributed by atoms with Crippen LogP contribution in [0, 0.1) is 0 Å². The second kappa shape index (κ2) is 19.9. The highest BCUT2D eigenvalue weighted by Gasteiger charge is 2.07. The summed E-state index contributed by atoms with van der Waals surface area (Å²) in [6, 6.07) is 18.0. The number of benzene rings is 2. The predicted molar refractivity (Wildman–Crippen MR) is 131 cm³/mol. The third-order valence-electron chi connectivity index (χ3n) is 4.38. The molecule has 0 bridgehead atoms. The van der Waals surface area contributed by atoms with Crippen LogP contribution < -0.4 is 0 Å². The van der Waals surface area contributed by atoms with Gasteiger partial charge in [0.15, 0.2) is 0 Å². The molecule has 2 aromatic carbocycles. The van der Waals surface area contributed by atoms with Crippen molar-refractivity contribution in [2.75, 3.05) is 13.2 Å². The highest BCUT2D eigenvalue weighted by molar-refractivity contribution is 5.89. The highest BCUT2D eigenvalue weighted by atomic mass is 16.5. The van der Waals surface area contributed by atoms with Crippen molar-refractivity contribution in [1.82, 2.24) is 0 Å². The summed E-state index contributed by atoms with van der Waals surface area (Å²) in [5.41, 5.74) is 1.23. The van der Waals surface area contributed by atoms with Gasteiger partial charge in [-0.05, 0) is 56.4 Å². The lowest BCUT2D eigenvalue weighted by Crippen LogP contribution is -2.15. The van der Waals surface area contributed by atoms with Crippen LogP contribution >= 0.6 is 0 Å². The summed E-state index contributed by atoms with van der Waals surface area (Å²) in [4.78, 5) is 22.4. The lowest BCUT2D eigenvalue weighted by atomic mass is 10.1. The molecule has 0 heterocycles. The van der Waals surface area contributed by atoms with Gasteiger partial charge in [-0.3, -0.25) is 0 Å². The molecule has 0 aliphatic carbocycles. The maximum atomic E-state index is 11.2. The summed E-state index contributed by atoms with van der Waals surface area (Å²) in [5, 5.41) is 18.0. The zero-order valence-corrected chi connectivity index (χ0v) is 20.4. The standard InChI is InChI=1S/2C10H12O2.C7H16O2/c2*1-2-8-12-10(11)9-6-4-3-5-7-9;1-3-6(8)5-7(9)4-2/h2*3-7H,2,8H2,1H3;6-9H,3-5H2,1-2H3. The summed E-state index contributed by atoms with van der Waals surface area (Å²) < 4.78 is 9.88.